The predicted octanol–water partition coefficient (Wildman–Crippen LogP) is 5.33. The van der Waals surface area contributed by atoms with E-state index in [0.29, 0.717) is 19.0 Å². The molecule has 3 aromatic carbocycles. The van der Waals surface area contributed by atoms with E-state index in [-0.39, 0.29) is 0 Å². The zero-order chi connectivity index (χ0) is 21.1. The van der Waals surface area contributed by atoms with Gasteiger partial charge in [0.2, 0.25) is 0 Å². The van der Waals surface area contributed by atoms with Gasteiger partial charge in [-0.3, -0.25) is 0 Å². The first-order chi connectivity index (χ1) is 15.1. The first kappa shape index (κ1) is 19.0. The molecule has 1 fully saturated rings. The summed E-state index contributed by atoms with van der Waals surface area (Å²) >= 11 is 1.71. The molecule has 1 saturated heterocycles. The Morgan fingerprint density at radius 1 is 0.871 bits per heavy atom. The second kappa shape index (κ2) is 6.89. The van der Waals surface area contributed by atoms with Gasteiger partial charge in [0.1, 0.15) is 5.60 Å². The highest BCUT2D eigenvalue weighted by Gasteiger charge is 2.51. The highest BCUT2D eigenvalue weighted by Crippen LogP contribution is 2.51. The maximum Gasteiger partial charge on any atom is 0.376 e. The molecule has 4 aliphatic heterocycles. The van der Waals surface area contributed by atoms with Gasteiger partial charge in [-0.15, -0.1) is 0 Å². The summed E-state index contributed by atoms with van der Waals surface area (Å²) in [6, 6.07) is 24.4. The summed E-state index contributed by atoms with van der Waals surface area (Å²) in [5, 5.41) is 12.1. The summed E-state index contributed by atoms with van der Waals surface area (Å²) in [5.41, 5.74) is 3.66. The maximum atomic E-state index is 12.1. The van der Waals surface area contributed by atoms with Crippen molar-refractivity contribution in [2.75, 3.05) is 6.61 Å². The standard InChI is InChI=1S/C26H22O4S/c1-17-16-28-25(29-24(17)30-25)15-14-18-10-12-19(13-11-18)26(27)20-6-2-4-8-22(20)31-23-9-5-3-7-21(23)26/h2-13,27H,14-16H2,1H3. The minimum absolute atomic E-state index is 0.554. The van der Waals surface area contributed by atoms with E-state index < -0.39 is 11.6 Å². The van der Waals surface area contributed by atoms with Crippen LogP contribution in [0.15, 0.2) is 94.1 Å². The van der Waals surface area contributed by atoms with Crippen LogP contribution in [0.4, 0.5) is 0 Å². The summed E-state index contributed by atoms with van der Waals surface area (Å²) in [6.07, 6.45) is 1.38. The Balaban J connectivity index is 1.29. The number of fused-ring (bicyclic) bond motifs is 4. The van der Waals surface area contributed by atoms with Crippen molar-refractivity contribution in [3.63, 3.8) is 0 Å². The van der Waals surface area contributed by atoms with E-state index in [1.165, 1.54) is 0 Å². The summed E-state index contributed by atoms with van der Waals surface area (Å²) in [5.74, 6) is -0.319. The van der Waals surface area contributed by atoms with Gasteiger partial charge in [-0.25, -0.2) is 0 Å². The Labute approximate surface area is 185 Å². The van der Waals surface area contributed by atoms with E-state index in [2.05, 4.69) is 24.3 Å². The molecule has 5 heteroatoms. The number of hydrogen-bond acceptors (Lipinski definition) is 5. The SMILES string of the molecule is CC1=C2OC(CCc3ccc(C4(O)c5ccccc5Sc5ccccc54)cc3)(OC1)O2. The van der Waals surface area contributed by atoms with E-state index in [1.54, 1.807) is 11.8 Å². The van der Waals surface area contributed by atoms with Crippen LogP contribution in [0.2, 0.25) is 0 Å². The van der Waals surface area contributed by atoms with E-state index >= 15 is 0 Å². The number of benzene rings is 3. The van der Waals surface area contributed by atoms with Gasteiger partial charge in [-0.1, -0.05) is 72.4 Å². The molecule has 4 heterocycles. The lowest BCUT2D eigenvalue weighted by Gasteiger charge is -2.46. The molecule has 0 aliphatic carbocycles. The van der Waals surface area contributed by atoms with Crippen molar-refractivity contribution in [3.8, 4) is 0 Å². The van der Waals surface area contributed by atoms with Gasteiger partial charge in [0.15, 0.2) is 0 Å². The topological polar surface area (TPSA) is 47.9 Å². The third-order valence-electron chi connectivity index (χ3n) is 6.22. The van der Waals surface area contributed by atoms with Crippen LogP contribution < -0.4 is 0 Å². The molecule has 4 aliphatic rings. The van der Waals surface area contributed by atoms with Crippen LogP contribution in [-0.4, -0.2) is 17.7 Å². The molecule has 0 spiro atoms. The lowest BCUT2D eigenvalue weighted by Crippen LogP contribution is -2.52. The average Bonchev–Trinajstić information content (AvgIpc) is 2.78. The fourth-order valence-electron chi connectivity index (χ4n) is 4.47. The quantitative estimate of drug-likeness (QED) is 0.606. The molecule has 3 aromatic rings. The van der Waals surface area contributed by atoms with Gasteiger partial charge in [0.05, 0.1) is 13.0 Å². The van der Waals surface area contributed by atoms with Crippen molar-refractivity contribution in [1.82, 2.24) is 0 Å². The summed E-state index contributed by atoms with van der Waals surface area (Å²) < 4.78 is 17.1. The zero-order valence-corrected chi connectivity index (χ0v) is 17.9. The highest BCUT2D eigenvalue weighted by atomic mass is 32.2. The molecule has 0 saturated carbocycles. The van der Waals surface area contributed by atoms with Crippen LogP contribution in [0, 0.1) is 0 Å². The number of aryl methyl sites for hydroxylation is 1. The van der Waals surface area contributed by atoms with Gasteiger partial charge in [0, 0.05) is 26.5 Å². The minimum atomic E-state index is -1.18. The maximum absolute atomic E-state index is 12.1. The van der Waals surface area contributed by atoms with Gasteiger partial charge >= 0.3 is 5.97 Å². The van der Waals surface area contributed by atoms with Crippen molar-refractivity contribution < 1.29 is 19.3 Å². The predicted molar refractivity (Wildman–Crippen MR) is 117 cm³/mol. The fraction of sp³-hybridized carbons (Fsp3) is 0.231. The average molecular weight is 431 g/mol. The van der Waals surface area contributed by atoms with E-state index in [0.717, 1.165) is 44.0 Å². The Morgan fingerprint density at radius 2 is 1.48 bits per heavy atom. The van der Waals surface area contributed by atoms with Crippen molar-refractivity contribution in [1.29, 1.82) is 0 Å². The number of rotatable bonds is 4. The van der Waals surface area contributed by atoms with Crippen LogP contribution in [-0.2, 0) is 26.2 Å². The van der Waals surface area contributed by atoms with Crippen molar-refractivity contribution in [3.05, 3.63) is 107 Å². The van der Waals surface area contributed by atoms with E-state index in [9.17, 15) is 5.11 Å². The van der Waals surface area contributed by atoms with Crippen molar-refractivity contribution >= 4 is 11.8 Å². The third-order valence-corrected chi connectivity index (χ3v) is 7.37. The lowest BCUT2D eigenvalue weighted by molar-refractivity contribution is -0.468. The third kappa shape index (κ3) is 2.92. The van der Waals surface area contributed by atoms with E-state index in [4.69, 9.17) is 14.2 Å². The summed E-state index contributed by atoms with van der Waals surface area (Å²) in [7, 11) is 0. The molecule has 1 N–H and O–H groups in total. The van der Waals surface area contributed by atoms with Gasteiger partial charge in [-0.05, 0) is 36.6 Å². The molecule has 0 amide bonds. The lowest BCUT2D eigenvalue weighted by atomic mass is 9.79. The second-order valence-corrected chi connectivity index (χ2v) is 9.33. The normalized spacial score (nSPS) is 19.4. The number of ether oxygens (including phenoxy) is 3. The molecule has 31 heavy (non-hydrogen) atoms. The summed E-state index contributed by atoms with van der Waals surface area (Å²) in [6.45, 7) is 2.50. The second-order valence-electron chi connectivity index (χ2n) is 8.25. The van der Waals surface area contributed by atoms with Gasteiger partial charge in [-0.2, -0.15) is 0 Å². The Hall–Kier alpha value is -2.73. The Kier molecular flexibility index (Phi) is 4.22. The molecule has 0 atom stereocenters. The highest BCUT2D eigenvalue weighted by molar-refractivity contribution is 7.99. The Bertz CT molecular complexity index is 1140. The largest absolute Gasteiger partial charge is 0.397 e. The number of hydrogen-bond donors (Lipinski definition) is 1. The van der Waals surface area contributed by atoms with Crippen molar-refractivity contribution in [2.24, 2.45) is 0 Å². The van der Waals surface area contributed by atoms with Crippen LogP contribution in [0.1, 0.15) is 35.6 Å². The first-order valence-electron chi connectivity index (χ1n) is 10.5. The van der Waals surface area contributed by atoms with Crippen LogP contribution in [0.5, 0.6) is 0 Å². The molecule has 2 bridgehead atoms. The number of aliphatic hydroxyl groups is 1. The van der Waals surface area contributed by atoms with Crippen LogP contribution in [0.3, 0.4) is 0 Å². The van der Waals surface area contributed by atoms with Gasteiger partial charge in [0.25, 0.3) is 5.95 Å². The van der Waals surface area contributed by atoms with Gasteiger partial charge < -0.3 is 19.3 Å². The minimum Gasteiger partial charge on any atom is -0.397 e. The zero-order valence-electron chi connectivity index (χ0n) is 17.1. The molecule has 0 aromatic heterocycles. The molecule has 0 unspecified atom stereocenters. The van der Waals surface area contributed by atoms with Crippen LogP contribution >= 0.6 is 11.8 Å². The fourth-order valence-corrected chi connectivity index (χ4v) is 5.65. The molecular formula is C26H22O4S. The van der Waals surface area contributed by atoms with E-state index in [1.807, 2.05) is 55.5 Å². The summed E-state index contributed by atoms with van der Waals surface area (Å²) in [4.78, 5) is 2.17. The molecule has 4 nitrogen and oxygen atoms in total. The molecule has 156 valence electrons. The molecular weight excluding hydrogens is 408 g/mol. The molecule has 0 radical (unpaired) electrons. The monoisotopic (exact) mass is 430 g/mol. The van der Waals surface area contributed by atoms with Crippen LogP contribution in [0.25, 0.3) is 0 Å². The van der Waals surface area contributed by atoms with Crippen molar-refractivity contribution in [2.45, 2.75) is 41.1 Å². The smallest absolute Gasteiger partial charge is 0.376 e. The Morgan fingerprint density at radius 3 is 2.06 bits per heavy atom. The first-order valence-corrected chi connectivity index (χ1v) is 11.3. The molecule has 7 rings (SSSR count).